The molecule has 0 aromatic heterocycles. The van der Waals surface area contributed by atoms with Crippen molar-refractivity contribution < 1.29 is 25.8 Å². The van der Waals surface area contributed by atoms with E-state index in [-0.39, 0.29) is 55.5 Å². The average molecular weight is 536 g/mol. The molecular formula is C26H45Hf-7. The number of hydrogen-bond acceptors (Lipinski definition) is 0. The Hall–Kier alpha value is -0.300. The van der Waals surface area contributed by atoms with Gasteiger partial charge in [-0.15, -0.1) is 12.8 Å². The second-order valence-corrected chi connectivity index (χ2v) is 6.19. The Balaban J connectivity index is -0.0000000996. The molecule has 0 radical (unpaired) electrons. The smallest absolute Gasteiger partial charge is 0 e. The average Bonchev–Trinajstić information content (AvgIpc) is 3.28. The van der Waals surface area contributed by atoms with Crippen LogP contribution < -0.4 is 0 Å². The van der Waals surface area contributed by atoms with Crippen molar-refractivity contribution in [3.05, 3.63) is 91.2 Å². The van der Waals surface area contributed by atoms with Gasteiger partial charge in [-0.1, -0.05) is 64.0 Å². The second-order valence-electron chi connectivity index (χ2n) is 6.19. The van der Waals surface area contributed by atoms with Crippen molar-refractivity contribution in [2.45, 2.75) is 65.7 Å². The Morgan fingerprint density at radius 3 is 2.11 bits per heavy atom. The zero-order valence-electron chi connectivity index (χ0n) is 19.3. The van der Waals surface area contributed by atoms with Gasteiger partial charge >= 0.3 is 0 Å². The number of hydrogen-bond donors (Lipinski definition) is 0. The Kier molecular flexibility index (Phi) is 30.5. The summed E-state index contributed by atoms with van der Waals surface area (Å²) in [6, 6.07) is 0. The number of rotatable bonds is 3. The van der Waals surface area contributed by atoms with E-state index in [0.29, 0.717) is 5.41 Å². The molecule has 0 amide bonds. The topological polar surface area (TPSA) is 0 Å². The van der Waals surface area contributed by atoms with Gasteiger partial charge in [-0.3, -0.25) is 6.08 Å². The molecule has 0 aliphatic heterocycles. The summed E-state index contributed by atoms with van der Waals surface area (Å²) < 4.78 is 0. The molecule has 0 N–H and O–H groups in total. The van der Waals surface area contributed by atoms with Gasteiger partial charge in [0.2, 0.25) is 0 Å². The van der Waals surface area contributed by atoms with Crippen molar-refractivity contribution in [2.75, 3.05) is 0 Å². The van der Waals surface area contributed by atoms with E-state index >= 15 is 0 Å². The first kappa shape index (κ1) is 37.5. The molecule has 1 saturated carbocycles. The fraction of sp³-hybridized carbons (Fsp3) is 0.462. The van der Waals surface area contributed by atoms with Crippen LogP contribution in [0.25, 0.3) is 0 Å². The molecule has 0 aromatic carbocycles. The first-order chi connectivity index (χ1) is 10.7. The molecule has 0 aromatic rings. The predicted octanol–water partition coefficient (Wildman–Crippen LogP) is 8.63. The van der Waals surface area contributed by atoms with E-state index in [0.717, 1.165) is 18.8 Å². The minimum Gasteiger partial charge on any atom is -0.358 e. The van der Waals surface area contributed by atoms with Crippen LogP contribution in [-0.4, -0.2) is 0 Å². The molecule has 1 atom stereocenters. The van der Waals surface area contributed by atoms with Gasteiger partial charge in [-0.05, 0) is 5.92 Å². The minimum atomic E-state index is 0. The largest absolute Gasteiger partial charge is 0.358 e. The predicted molar refractivity (Wildman–Crippen MR) is 125 cm³/mol. The number of unbranched alkanes of at least 4 members (excludes halogenated alkanes) is 1. The van der Waals surface area contributed by atoms with Crippen molar-refractivity contribution in [3.63, 3.8) is 0 Å². The molecule has 0 saturated heterocycles. The molecule has 3 aliphatic rings. The molecule has 0 spiro atoms. The van der Waals surface area contributed by atoms with E-state index in [1.807, 2.05) is 12.2 Å². The normalized spacial score (nSPS) is 18.5. The third kappa shape index (κ3) is 13.5. The third-order valence-corrected chi connectivity index (χ3v) is 4.66. The van der Waals surface area contributed by atoms with Crippen LogP contribution in [0.4, 0.5) is 0 Å². The standard InChI is InChI=1S/C13H19.C5H5.C4H9.4CH3.Hf/c1-3-13(4-2)9-8-11-6-5-7-12(11)10-13;1-2-4-5-3-1;1-3-4-2;;;;;/h7-11H,3-6H2,1-2H3;1-3H,4H2;1,3-4H2,2H3;4*1H3;/q7*-1;. The molecule has 160 valence electrons. The van der Waals surface area contributed by atoms with Crippen molar-refractivity contribution >= 4 is 0 Å². The van der Waals surface area contributed by atoms with Gasteiger partial charge in [0.15, 0.2) is 0 Å². The van der Waals surface area contributed by atoms with Crippen molar-refractivity contribution in [3.8, 4) is 0 Å². The van der Waals surface area contributed by atoms with Crippen LogP contribution in [-0.2, 0) is 25.8 Å². The number of fused-ring (bicyclic) bond motifs is 1. The van der Waals surface area contributed by atoms with Gasteiger partial charge in [0, 0.05) is 25.8 Å². The Morgan fingerprint density at radius 2 is 1.74 bits per heavy atom. The summed E-state index contributed by atoms with van der Waals surface area (Å²) in [5, 5.41) is 0. The summed E-state index contributed by atoms with van der Waals surface area (Å²) in [6.07, 6.45) is 27.2. The monoisotopic (exact) mass is 537 g/mol. The fourth-order valence-corrected chi connectivity index (χ4v) is 2.84. The van der Waals surface area contributed by atoms with Crippen molar-refractivity contribution in [1.82, 2.24) is 0 Å². The molecule has 1 unspecified atom stereocenters. The van der Waals surface area contributed by atoms with E-state index in [2.05, 4.69) is 64.5 Å². The zero-order valence-corrected chi connectivity index (χ0v) is 22.9. The first-order valence-corrected chi connectivity index (χ1v) is 8.97. The summed E-state index contributed by atoms with van der Waals surface area (Å²) >= 11 is 0. The van der Waals surface area contributed by atoms with Crippen LogP contribution in [0.1, 0.15) is 65.7 Å². The molecule has 3 aliphatic carbocycles. The van der Waals surface area contributed by atoms with Gasteiger partial charge in [-0.2, -0.15) is 12.5 Å². The maximum atomic E-state index is 3.60. The maximum Gasteiger partial charge on any atom is 0 e. The van der Waals surface area contributed by atoms with Gasteiger partial charge in [0.25, 0.3) is 0 Å². The molecule has 0 bridgehead atoms. The van der Waals surface area contributed by atoms with Crippen LogP contribution in [0.3, 0.4) is 0 Å². The molecule has 0 heterocycles. The molecule has 1 fully saturated rings. The van der Waals surface area contributed by atoms with Crippen LogP contribution in [0.2, 0.25) is 0 Å². The molecule has 0 nitrogen and oxygen atoms in total. The fourth-order valence-electron chi connectivity index (χ4n) is 2.84. The summed E-state index contributed by atoms with van der Waals surface area (Å²) in [6.45, 7) is 10.3. The minimum absolute atomic E-state index is 0. The van der Waals surface area contributed by atoms with E-state index in [9.17, 15) is 0 Å². The molecular weight excluding hydrogens is 491 g/mol. The zero-order chi connectivity index (χ0) is 16.3. The maximum absolute atomic E-state index is 3.60. The van der Waals surface area contributed by atoms with Crippen LogP contribution in [0.5, 0.6) is 0 Å². The first-order valence-electron chi connectivity index (χ1n) is 8.97. The van der Waals surface area contributed by atoms with Crippen molar-refractivity contribution in [2.24, 2.45) is 11.3 Å². The molecule has 27 heavy (non-hydrogen) atoms. The Morgan fingerprint density at radius 1 is 1.15 bits per heavy atom. The SMILES string of the molecule is CCC1(CC)C=CC2CC[CH-]C2=C1.[C-]1=CC=CC1.[CH2-]CCC.[CH3-].[CH3-].[CH3-].[CH3-].[Hf]. The number of allylic oxidation sites excluding steroid dienone is 8. The summed E-state index contributed by atoms with van der Waals surface area (Å²) in [4.78, 5) is 0. The Bertz CT molecular complexity index is 396. The van der Waals surface area contributed by atoms with Crippen LogP contribution in [0, 0.1) is 60.5 Å². The van der Waals surface area contributed by atoms with Gasteiger partial charge in [0.1, 0.15) is 0 Å². The van der Waals surface area contributed by atoms with Crippen molar-refractivity contribution in [1.29, 1.82) is 0 Å². The molecule has 3 rings (SSSR count). The van der Waals surface area contributed by atoms with Gasteiger partial charge in [0.05, 0.1) is 0 Å². The van der Waals surface area contributed by atoms with E-state index in [4.69, 9.17) is 0 Å². The summed E-state index contributed by atoms with van der Waals surface area (Å²) in [7, 11) is 0. The van der Waals surface area contributed by atoms with Crippen LogP contribution in [0.15, 0.2) is 42.0 Å². The third-order valence-electron chi connectivity index (χ3n) is 4.66. The summed E-state index contributed by atoms with van der Waals surface area (Å²) in [5.74, 6) is 0.756. The Labute approximate surface area is 193 Å². The van der Waals surface area contributed by atoms with E-state index in [1.54, 1.807) is 5.57 Å². The quantitative estimate of drug-likeness (QED) is 0.193. The second kappa shape index (κ2) is 22.0. The molecule has 1 heteroatoms. The summed E-state index contributed by atoms with van der Waals surface area (Å²) in [5.41, 5.74) is 1.98. The van der Waals surface area contributed by atoms with Gasteiger partial charge < -0.3 is 36.6 Å². The van der Waals surface area contributed by atoms with E-state index < -0.39 is 0 Å². The van der Waals surface area contributed by atoms with Gasteiger partial charge in [-0.25, -0.2) is 30.2 Å². The van der Waals surface area contributed by atoms with E-state index in [1.165, 1.54) is 32.1 Å². The van der Waals surface area contributed by atoms with Crippen LogP contribution >= 0.6 is 0 Å².